The highest BCUT2D eigenvalue weighted by Crippen LogP contribution is 2.32. The first-order chi connectivity index (χ1) is 9.10. The van der Waals surface area contributed by atoms with Gasteiger partial charge in [-0.25, -0.2) is 4.39 Å². The zero-order valence-electron chi connectivity index (χ0n) is 10.5. The molecule has 5 nitrogen and oxygen atoms in total. The first-order valence-corrected chi connectivity index (χ1v) is 6.39. The summed E-state index contributed by atoms with van der Waals surface area (Å²) in [6.07, 6.45) is 2.88. The molecule has 1 fully saturated rings. The van der Waals surface area contributed by atoms with E-state index in [1.807, 2.05) is 0 Å². The number of rotatable bonds is 5. The topological polar surface area (TPSA) is 75.4 Å². The van der Waals surface area contributed by atoms with Crippen molar-refractivity contribution in [1.29, 1.82) is 0 Å². The molecule has 0 spiro atoms. The number of aliphatic hydroxyl groups excluding tert-OH is 1. The number of nitrogens with one attached hydrogen (secondary N) is 1. The summed E-state index contributed by atoms with van der Waals surface area (Å²) in [5, 5.41) is 22.9. The van der Waals surface area contributed by atoms with Gasteiger partial charge in [0.25, 0.3) is 5.69 Å². The average Bonchev–Trinajstić information content (AvgIpc) is 2.84. The summed E-state index contributed by atoms with van der Waals surface area (Å²) in [5.41, 5.74) is 0.107. The molecule has 0 heterocycles. The molecular formula is C13H17FN2O3. The standard InChI is InChI=1S/C13H17FN2O3/c14-11-3-4-13(16(18)19)12(6-11)15-7-9-1-2-10(5-9)8-17/h3-4,6,9-10,15,17H,1-2,5,7-8H2/t9-,10+/m1/s1. The van der Waals surface area contributed by atoms with E-state index in [-0.39, 0.29) is 18.0 Å². The highest BCUT2D eigenvalue weighted by atomic mass is 19.1. The Labute approximate surface area is 110 Å². The maximum atomic E-state index is 13.1. The van der Waals surface area contributed by atoms with Gasteiger partial charge in [-0.3, -0.25) is 10.1 Å². The van der Waals surface area contributed by atoms with Gasteiger partial charge >= 0.3 is 0 Å². The van der Waals surface area contributed by atoms with Crippen molar-refractivity contribution in [2.24, 2.45) is 11.8 Å². The smallest absolute Gasteiger partial charge is 0.292 e. The highest BCUT2D eigenvalue weighted by molar-refractivity contribution is 5.61. The minimum absolute atomic E-state index is 0.113. The van der Waals surface area contributed by atoms with Crippen molar-refractivity contribution in [3.63, 3.8) is 0 Å². The van der Waals surface area contributed by atoms with Gasteiger partial charge in [-0.2, -0.15) is 0 Å². The van der Waals surface area contributed by atoms with Crippen LogP contribution in [0.1, 0.15) is 19.3 Å². The normalized spacial score (nSPS) is 22.4. The summed E-state index contributed by atoms with van der Waals surface area (Å²) < 4.78 is 13.1. The zero-order chi connectivity index (χ0) is 13.8. The van der Waals surface area contributed by atoms with Crippen molar-refractivity contribution in [1.82, 2.24) is 0 Å². The SMILES string of the molecule is O=[N+]([O-])c1ccc(F)cc1NC[C@@H]1CC[C@H](CO)C1. The van der Waals surface area contributed by atoms with E-state index in [1.165, 1.54) is 6.07 Å². The Kier molecular flexibility index (Phi) is 4.31. The molecule has 2 rings (SSSR count). The van der Waals surface area contributed by atoms with Gasteiger partial charge in [0.05, 0.1) is 4.92 Å². The van der Waals surface area contributed by atoms with E-state index in [2.05, 4.69) is 5.32 Å². The Balaban J connectivity index is 1.99. The van der Waals surface area contributed by atoms with Crippen molar-refractivity contribution in [3.8, 4) is 0 Å². The van der Waals surface area contributed by atoms with Gasteiger partial charge in [0.1, 0.15) is 11.5 Å². The van der Waals surface area contributed by atoms with Crippen LogP contribution in [0, 0.1) is 27.8 Å². The fourth-order valence-electron chi connectivity index (χ4n) is 2.59. The van der Waals surface area contributed by atoms with Crippen molar-refractivity contribution in [2.45, 2.75) is 19.3 Å². The third-order valence-corrected chi connectivity index (χ3v) is 3.64. The minimum Gasteiger partial charge on any atom is -0.396 e. The van der Waals surface area contributed by atoms with Crippen LogP contribution >= 0.6 is 0 Å². The molecule has 2 atom stereocenters. The summed E-state index contributed by atoms with van der Waals surface area (Å²) in [7, 11) is 0. The second-order valence-electron chi connectivity index (χ2n) is 5.03. The van der Waals surface area contributed by atoms with Crippen LogP contribution in [0.4, 0.5) is 15.8 Å². The zero-order valence-corrected chi connectivity index (χ0v) is 10.5. The van der Waals surface area contributed by atoms with E-state index in [1.54, 1.807) is 0 Å². The first kappa shape index (κ1) is 13.7. The van der Waals surface area contributed by atoms with Crippen LogP contribution in [0.2, 0.25) is 0 Å². The molecule has 0 radical (unpaired) electrons. The molecule has 0 saturated heterocycles. The van der Waals surface area contributed by atoms with Gasteiger partial charge in [-0.05, 0) is 37.2 Å². The lowest BCUT2D eigenvalue weighted by Crippen LogP contribution is -2.13. The number of nitro benzene ring substituents is 1. The van der Waals surface area contributed by atoms with Crippen LogP contribution in [-0.4, -0.2) is 23.2 Å². The summed E-state index contributed by atoms with van der Waals surface area (Å²) >= 11 is 0. The molecule has 0 unspecified atom stereocenters. The molecule has 104 valence electrons. The Bertz CT molecular complexity index is 467. The highest BCUT2D eigenvalue weighted by Gasteiger charge is 2.24. The number of hydrogen-bond acceptors (Lipinski definition) is 4. The second kappa shape index (κ2) is 5.97. The lowest BCUT2D eigenvalue weighted by atomic mass is 10.1. The fraction of sp³-hybridized carbons (Fsp3) is 0.538. The summed E-state index contributed by atoms with van der Waals surface area (Å²) in [5.74, 6) is 0.210. The minimum atomic E-state index is -0.521. The largest absolute Gasteiger partial charge is 0.396 e. The maximum Gasteiger partial charge on any atom is 0.292 e. The number of aliphatic hydroxyl groups is 1. The summed E-state index contributed by atoms with van der Waals surface area (Å²) in [4.78, 5) is 10.3. The number of benzene rings is 1. The second-order valence-corrected chi connectivity index (χ2v) is 5.03. The molecule has 2 N–H and O–H groups in total. The van der Waals surface area contributed by atoms with Crippen LogP contribution in [0.15, 0.2) is 18.2 Å². The van der Waals surface area contributed by atoms with Crippen molar-refractivity contribution in [3.05, 3.63) is 34.1 Å². The van der Waals surface area contributed by atoms with Gasteiger partial charge in [0, 0.05) is 25.3 Å². The Morgan fingerprint density at radius 2 is 2.16 bits per heavy atom. The lowest BCUT2D eigenvalue weighted by Gasteiger charge is -2.12. The van der Waals surface area contributed by atoms with Crippen LogP contribution in [0.3, 0.4) is 0 Å². The first-order valence-electron chi connectivity index (χ1n) is 6.39. The van der Waals surface area contributed by atoms with Gasteiger partial charge in [-0.1, -0.05) is 0 Å². The van der Waals surface area contributed by atoms with E-state index in [0.717, 1.165) is 31.4 Å². The Morgan fingerprint density at radius 3 is 2.79 bits per heavy atom. The van der Waals surface area contributed by atoms with Crippen molar-refractivity contribution < 1.29 is 14.4 Å². The summed E-state index contributed by atoms with van der Waals surface area (Å²) in [6.45, 7) is 0.761. The molecule has 1 aromatic rings. The van der Waals surface area contributed by atoms with Crippen LogP contribution in [-0.2, 0) is 0 Å². The molecule has 1 aromatic carbocycles. The maximum absolute atomic E-state index is 13.1. The molecule has 0 aromatic heterocycles. The molecule has 6 heteroatoms. The Hall–Kier alpha value is -1.69. The van der Waals surface area contributed by atoms with Gasteiger partial charge in [-0.15, -0.1) is 0 Å². The van der Waals surface area contributed by atoms with Gasteiger partial charge in [0.2, 0.25) is 0 Å². The quantitative estimate of drug-likeness (QED) is 0.635. The van der Waals surface area contributed by atoms with Crippen LogP contribution in [0.5, 0.6) is 0 Å². The molecule has 19 heavy (non-hydrogen) atoms. The molecule has 0 aliphatic heterocycles. The number of anilines is 1. The number of nitrogens with zero attached hydrogens (tertiary/aromatic N) is 1. The predicted molar refractivity (Wildman–Crippen MR) is 69.5 cm³/mol. The molecule has 0 amide bonds. The number of hydrogen-bond donors (Lipinski definition) is 2. The fourth-order valence-corrected chi connectivity index (χ4v) is 2.59. The van der Waals surface area contributed by atoms with E-state index >= 15 is 0 Å². The molecule has 1 aliphatic carbocycles. The molecule has 1 aliphatic rings. The molecule has 0 bridgehead atoms. The molecule has 1 saturated carbocycles. The van der Waals surface area contributed by atoms with Gasteiger partial charge in [0.15, 0.2) is 0 Å². The van der Waals surface area contributed by atoms with Crippen LogP contribution in [0.25, 0.3) is 0 Å². The van der Waals surface area contributed by atoms with Gasteiger partial charge < -0.3 is 10.4 Å². The van der Waals surface area contributed by atoms with E-state index in [4.69, 9.17) is 5.11 Å². The van der Waals surface area contributed by atoms with Crippen LogP contribution < -0.4 is 5.32 Å². The lowest BCUT2D eigenvalue weighted by molar-refractivity contribution is -0.384. The van der Waals surface area contributed by atoms with E-state index < -0.39 is 10.7 Å². The summed E-state index contributed by atoms with van der Waals surface area (Å²) in [6, 6.07) is 3.40. The monoisotopic (exact) mass is 268 g/mol. The Morgan fingerprint density at radius 1 is 1.42 bits per heavy atom. The van der Waals surface area contributed by atoms with Crippen molar-refractivity contribution >= 4 is 11.4 Å². The van der Waals surface area contributed by atoms with Crippen molar-refractivity contribution in [2.75, 3.05) is 18.5 Å². The van der Waals surface area contributed by atoms with E-state index in [0.29, 0.717) is 18.4 Å². The number of halogens is 1. The number of nitro groups is 1. The third kappa shape index (κ3) is 3.41. The third-order valence-electron chi connectivity index (χ3n) is 3.64. The average molecular weight is 268 g/mol. The van der Waals surface area contributed by atoms with E-state index in [9.17, 15) is 14.5 Å². The predicted octanol–water partition coefficient (Wildman–Crippen LogP) is 2.55. The molecular weight excluding hydrogens is 251 g/mol.